The number of carbonyl (C=O) groups is 1. The van der Waals surface area contributed by atoms with Crippen LogP contribution in [0.5, 0.6) is 0 Å². The second-order valence-electron chi connectivity index (χ2n) is 5.53. The maximum Gasteiger partial charge on any atom is 0.372 e. The lowest BCUT2D eigenvalue weighted by Crippen LogP contribution is -2.26. The summed E-state index contributed by atoms with van der Waals surface area (Å²) < 4.78 is 32.7. The molecular weight excluding hydrogens is 344 g/mol. The van der Waals surface area contributed by atoms with Crippen LogP contribution in [0.25, 0.3) is 11.0 Å². The number of benzene rings is 1. The molecule has 0 aliphatic heterocycles. The van der Waals surface area contributed by atoms with Crippen LogP contribution < -0.4 is 4.72 Å². The fourth-order valence-electron chi connectivity index (χ4n) is 2.53. The molecule has 0 atom stereocenters. The molecule has 1 aromatic carbocycles. The van der Waals surface area contributed by atoms with Crippen LogP contribution in [0, 0.1) is 6.92 Å². The summed E-state index contributed by atoms with van der Waals surface area (Å²) in [6.07, 6.45) is 3.85. The van der Waals surface area contributed by atoms with E-state index in [1.165, 1.54) is 18.2 Å². The summed E-state index contributed by atoms with van der Waals surface area (Å²) in [6, 6.07) is 7.94. The van der Waals surface area contributed by atoms with Gasteiger partial charge in [0.05, 0.1) is 4.90 Å². The summed E-state index contributed by atoms with van der Waals surface area (Å²) >= 11 is 0. The predicted octanol–water partition coefficient (Wildman–Crippen LogP) is 2.36. The molecule has 0 radical (unpaired) electrons. The number of nitrogens with one attached hydrogen (secondary N) is 1. The standard InChI is InChI=1S/C17H16N2O5S/c1-11-14-9-13(4-5-15(14)24-16(11)17(20)21)25(22,23)19-8-6-12-3-2-7-18-10-12/h2-5,7,9-10,19H,6,8H2,1H3,(H,20,21). The van der Waals surface area contributed by atoms with Gasteiger partial charge in [0.2, 0.25) is 15.8 Å². The van der Waals surface area contributed by atoms with Gasteiger partial charge in [0.1, 0.15) is 5.58 Å². The summed E-state index contributed by atoms with van der Waals surface area (Å²) in [5.74, 6) is -1.37. The molecular formula is C17H16N2O5S. The highest BCUT2D eigenvalue weighted by molar-refractivity contribution is 7.89. The van der Waals surface area contributed by atoms with Gasteiger partial charge < -0.3 is 9.52 Å². The lowest BCUT2D eigenvalue weighted by Gasteiger charge is -2.07. The third-order valence-corrected chi connectivity index (χ3v) is 5.30. The zero-order valence-electron chi connectivity index (χ0n) is 13.4. The number of fused-ring (bicyclic) bond motifs is 1. The molecule has 3 rings (SSSR count). The van der Waals surface area contributed by atoms with E-state index in [0.717, 1.165) is 5.56 Å². The molecule has 0 spiro atoms. The van der Waals surface area contributed by atoms with E-state index in [2.05, 4.69) is 9.71 Å². The second-order valence-corrected chi connectivity index (χ2v) is 7.30. The Morgan fingerprint density at radius 1 is 1.32 bits per heavy atom. The van der Waals surface area contributed by atoms with Gasteiger partial charge in [0.15, 0.2) is 0 Å². The first-order chi connectivity index (χ1) is 11.9. The number of sulfonamides is 1. The van der Waals surface area contributed by atoms with E-state index >= 15 is 0 Å². The number of furan rings is 1. The van der Waals surface area contributed by atoms with Crippen molar-refractivity contribution in [2.24, 2.45) is 0 Å². The van der Waals surface area contributed by atoms with Gasteiger partial charge in [-0.05, 0) is 43.2 Å². The average Bonchev–Trinajstić information content (AvgIpc) is 2.92. The molecule has 2 N–H and O–H groups in total. The maximum absolute atomic E-state index is 12.4. The Morgan fingerprint density at radius 3 is 2.80 bits per heavy atom. The molecule has 25 heavy (non-hydrogen) atoms. The van der Waals surface area contributed by atoms with E-state index in [1.54, 1.807) is 25.4 Å². The number of aromatic nitrogens is 1. The van der Waals surface area contributed by atoms with Crippen molar-refractivity contribution in [3.05, 3.63) is 59.6 Å². The SMILES string of the molecule is Cc1c(C(=O)O)oc2ccc(S(=O)(=O)NCCc3cccnc3)cc12. The molecule has 0 bridgehead atoms. The van der Waals surface area contributed by atoms with E-state index in [0.29, 0.717) is 23.0 Å². The Balaban J connectivity index is 1.82. The van der Waals surface area contributed by atoms with Gasteiger partial charge in [-0.2, -0.15) is 0 Å². The molecule has 0 saturated heterocycles. The van der Waals surface area contributed by atoms with Crippen LogP contribution in [0.4, 0.5) is 0 Å². The van der Waals surface area contributed by atoms with Crippen LogP contribution in [0.3, 0.4) is 0 Å². The van der Waals surface area contributed by atoms with Crippen LogP contribution in [-0.2, 0) is 16.4 Å². The van der Waals surface area contributed by atoms with Crippen molar-refractivity contribution >= 4 is 27.0 Å². The summed E-state index contributed by atoms with van der Waals surface area (Å²) in [4.78, 5) is 15.2. The van der Waals surface area contributed by atoms with Crippen molar-refractivity contribution in [3.8, 4) is 0 Å². The van der Waals surface area contributed by atoms with Crippen molar-refractivity contribution < 1.29 is 22.7 Å². The number of carboxylic acids is 1. The normalized spacial score (nSPS) is 11.7. The molecule has 130 valence electrons. The number of hydrogen-bond acceptors (Lipinski definition) is 5. The minimum Gasteiger partial charge on any atom is -0.475 e. The molecule has 8 heteroatoms. The topological polar surface area (TPSA) is 109 Å². The first kappa shape index (κ1) is 17.1. The van der Waals surface area contributed by atoms with Gasteiger partial charge in [0.25, 0.3) is 0 Å². The minimum atomic E-state index is -3.71. The number of nitrogens with zero attached hydrogens (tertiary/aromatic N) is 1. The van der Waals surface area contributed by atoms with Crippen LogP contribution in [0.15, 0.2) is 52.0 Å². The molecule has 2 heterocycles. The monoisotopic (exact) mass is 360 g/mol. The highest BCUT2D eigenvalue weighted by Crippen LogP contribution is 2.27. The smallest absolute Gasteiger partial charge is 0.372 e. The number of aryl methyl sites for hydroxylation is 1. The molecule has 0 aliphatic carbocycles. The molecule has 0 aliphatic rings. The van der Waals surface area contributed by atoms with Crippen LogP contribution in [0.2, 0.25) is 0 Å². The van der Waals surface area contributed by atoms with Crippen molar-refractivity contribution in [1.82, 2.24) is 9.71 Å². The quantitative estimate of drug-likeness (QED) is 0.698. The van der Waals surface area contributed by atoms with Gasteiger partial charge >= 0.3 is 5.97 Å². The van der Waals surface area contributed by atoms with E-state index in [-0.39, 0.29) is 17.2 Å². The maximum atomic E-state index is 12.4. The summed E-state index contributed by atoms with van der Waals surface area (Å²) in [5, 5.41) is 9.56. The Morgan fingerprint density at radius 2 is 2.12 bits per heavy atom. The summed E-state index contributed by atoms with van der Waals surface area (Å²) in [6.45, 7) is 1.82. The molecule has 7 nitrogen and oxygen atoms in total. The first-order valence-electron chi connectivity index (χ1n) is 7.53. The highest BCUT2D eigenvalue weighted by atomic mass is 32.2. The van der Waals surface area contributed by atoms with Crippen LogP contribution in [0.1, 0.15) is 21.7 Å². The van der Waals surface area contributed by atoms with Gasteiger partial charge in [0, 0.05) is 29.9 Å². The molecule has 0 saturated carbocycles. The zero-order chi connectivity index (χ0) is 18.0. The summed E-state index contributed by atoms with van der Waals surface area (Å²) in [7, 11) is -3.71. The fourth-order valence-corrected chi connectivity index (χ4v) is 3.59. The Bertz CT molecular complexity index is 1030. The second kappa shape index (κ2) is 6.66. The van der Waals surface area contributed by atoms with E-state index < -0.39 is 16.0 Å². The van der Waals surface area contributed by atoms with Gasteiger partial charge in [-0.1, -0.05) is 6.07 Å². The zero-order valence-corrected chi connectivity index (χ0v) is 14.2. The first-order valence-corrected chi connectivity index (χ1v) is 9.02. The molecule has 0 unspecified atom stereocenters. The molecule has 2 aromatic heterocycles. The van der Waals surface area contributed by atoms with Crippen LogP contribution >= 0.6 is 0 Å². The number of carboxylic acid groups (broad SMARTS) is 1. The molecule has 0 amide bonds. The van der Waals surface area contributed by atoms with E-state index in [9.17, 15) is 13.2 Å². The Kier molecular flexibility index (Phi) is 4.56. The minimum absolute atomic E-state index is 0.0621. The number of rotatable bonds is 6. The fraction of sp³-hybridized carbons (Fsp3) is 0.176. The number of hydrogen-bond donors (Lipinski definition) is 2. The molecule has 3 aromatic rings. The third-order valence-electron chi connectivity index (χ3n) is 3.84. The average molecular weight is 360 g/mol. The van der Waals surface area contributed by atoms with E-state index in [4.69, 9.17) is 9.52 Å². The van der Waals surface area contributed by atoms with Crippen molar-refractivity contribution in [1.29, 1.82) is 0 Å². The van der Waals surface area contributed by atoms with Crippen molar-refractivity contribution in [2.45, 2.75) is 18.2 Å². The molecule has 0 fully saturated rings. The van der Waals surface area contributed by atoms with E-state index in [1.807, 2.05) is 6.07 Å². The Labute approximate surface area is 144 Å². The van der Waals surface area contributed by atoms with Gasteiger partial charge in [-0.15, -0.1) is 0 Å². The van der Waals surface area contributed by atoms with Crippen LogP contribution in [-0.4, -0.2) is 31.0 Å². The van der Waals surface area contributed by atoms with Crippen molar-refractivity contribution in [2.75, 3.05) is 6.54 Å². The summed E-state index contributed by atoms with van der Waals surface area (Å²) in [5.41, 5.74) is 1.66. The van der Waals surface area contributed by atoms with Gasteiger partial charge in [-0.3, -0.25) is 4.98 Å². The predicted molar refractivity (Wildman–Crippen MR) is 91.0 cm³/mol. The van der Waals surface area contributed by atoms with Gasteiger partial charge in [-0.25, -0.2) is 17.9 Å². The number of aromatic carboxylic acids is 1. The van der Waals surface area contributed by atoms with Crippen molar-refractivity contribution in [3.63, 3.8) is 0 Å². The lowest BCUT2D eigenvalue weighted by molar-refractivity contribution is 0.0664. The number of pyridine rings is 1. The third kappa shape index (κ3) is 3.54. The Hall–Kier alpha value is -2.71. The lowest BCUT2D eigenvalue weighted by atomic mass is 10.1. The largest absolute Gasteiger partial charge is 0.475 e. The highest BCUT2D eigenvalue weighted by Gasteiger charge is 2.20.